The van der Waals surface area contributed by atoms with Gasteiger partial charge in [-0.05, 0) is 35.7 Å². The first-order valence-corrected chi connectivity index (χ1v) is 7.97. The minimum absolute atomic E-state index is 0.0612. The van der Waals surface area contributed by atoms with Crippen molar-refractivity contribution in [3.63, 3.8) is 0 Å². The second-order valence-electron chi connectivity index (χ2n) is 6.10. The van der Waals surface area contributed by atoms with E-state index in [0.717, 1.165) is 5.56 Å². The quantitative estimate of drug-likeness (QED) is 0.875. The summed E-state index contributed by atoms with van der Waals surface area (Å²) >= 11 is 1.65. The van der Waals surface area contributed by atoms with Gasteiger partial charge in [-0.25, -0.2) is 0 Å². The van der Waals surface area contributed by atoms with E-state index in [9.17, 15) is 4.79 Å². The Labute approximate surface area is 124 Å². The molecule has 2 atom stereocenters. The van der Waals surface area contributed by atoms with Crippen LogP contribution in [0, 0.1) is 12.3 Å². The van der Waals surface area contributed by atoms with Gasteiger partial charge in [0.15, 0.2) is 0 Å². The molecule has 0 spiro atoms. The van der Waals surface area contributed by atoms with Crippen LogP contribution in [0.4, 0.5) is 0 Å². The summed E-state index contributed by atoms with van der Waals surface area (Å²) in [6, 6.07) is 0. The Morgan fingerprint density at radius 2 is 2.25 bits per heavy atom. The van der Waals surface area contributed by atoms with E-state index in [2.05, 4.69) is 23.0 Å². The molecule has 1 aromatic rings. The molecular formula is C15H24N2O2S. The summed E-state index contributed by atoms with van der Waals surface area (Å²) in [7, 11) is 0. The van der Waals surface area contributed by atoms with Crippen molar-refractivity contribution in [2.75, 3.05) is 6.61 Å². The fourth-order valence-electron chi connectivity index (χ4n) is 2.72. The molecule has 1 fully saturated rings. The second-order valence-corrected chi connectivity index (χ2v) is 6.85. The van der Waals surface area contributed by atoms with Crippen LogP contribution in [0.1, 0.15) is 38.3 Å². The average Bonchev–Trinajstić information content (AvgIpc) is 2.81. The van der Waals surface area contributed by atoms with Crippen molar-refractivity contribution < 1.29 is 9.53 Å². The number of amides is 1. The minimum Gasteiger partial charge on any atom is -0.378 e. The Hall–Kier alpha value is -0.910. The number of hydrogen-bond acceptors (Lipinski definition) is 4. The molecule has 2 unspecified atom stereocenters. The van der Waals surface area contributed by atoms with Crippen molar-refractivity contribution in [2.45, 2.75) is 52.3 Å². The molecule has 0 aliphatic heterocycles. The van der Waals surface area contributed by atoms with Gasteiger partial charge in [0, 0.05) is 25.0 Å². The van der Waals surface area contributed by atoms with E-state index in [4.69, 9.17) is 10.5 Å². The molecule has 20 heavy (non-hydrogen) atoms. The van der Waals surface area contributed by atoms with Crippen molar-refractivity contribution in [2.24, 2.45) is 11.1 Å². The Bertz CT molecular complexity index is 498. The highest BCUT2D eigenvalue weighted by Gasteiger charge is 2.62. The van der Waals surface area contributed by atoms with E-state index in [-0.39, 0.29) is 17.4 Å². The summed E-state index contributed by atoms with van der Waals surface area (Å²) in [5.74, 6) is -0.0796. The molecule has 0 bridgehead atoms. The molecule has 1 heterocycles. The van der Waals surface area contributed by atoms with Crippen LogP contribution in [0.25, 0.3) is 0 Å². The third-order valence-electron chi connectivity index (χ3n) is 4.64. The van der Waals surface area contributed by atoms with Gasteiger partial charge in [-0.3, -0.25) is 4.79 Å². The van der Waals surface area contributed by atoms with Gasteiger partial charge in [-0.15, -0.1) is 0 Å². The maximum atomic E-state index is 12.4. The highest BCUT2D eigenvalue weighted by atomic mass is 32.1. The first kappa shape index (κ1) is 15.5. The van der Waals surface area contributed by atoms with Crippen LogP contribution < -0.4 is 11.1 Å². The first-order valence-electron chi connectivity index (χ1n) is 7.03. The maximum Gasteiger partial charge on any atom is 0.241 e. The summed E-state index contributed by atoms with van der Waals surface area (Å²) in [5.41, 5.74) is 7.53. The summed E-state index contributed by atoms with van der Waals surface area (Å²) in [6.07, 6.45) is 0.647. The highest BCUT2D eigenvalue weighted by Crippen LogP contribution is 2.49. The maximum absolute atomic E-state index is 12.4. The van der Waals surface area contributed by atoms with Crippen LogP contribution in [-0.2, 0) is 16.1 Å². The van der Waals surface area contributed by atoms with E-state index < -0.39 is 5.54 Å². The van der Waals surface area contributed by atoms with Crippen LogP contribution >= 0.6 is 11.3 Å². The monoisotopic (exact) mass is 296 g/mol. The fraction of sp³-hybridized carbons (Fsp3) is 0.667. The van der Waals surface area contributed by atoms with Crippen LogP contribution in [0.2, 0.25) is 0 Å². The summed E-state index contributed by atoms with van der Waals surface area (Å²) in [5, 5.41) is 7.12. The lowest BCUT2D eigenvalue weighted by atomic mass is 9.54. The molecule has 1 aromatic heterocycles. The molecule has 0 aromatic carbocycles. The molecule has 1 saturated carbocycles. The largest absolute Gasteiger partial charge is 0.378 e. The van der Waals surface area contributed by atoms with Crippen LogP contribution in [-0.4, -0.2) is 24.2 Å². The van der Waals surface area contributed by atoms with E-state index in [1.807, 2.05) is 20.8 Å². The van der Waals surface area contributed by atoms with Crippen LogP contribution in [0.3, 0.4) is 0 Å². The number of aryl methyl sites for hydroxylation is 1. The van der Waals surface area contributed by atoms with E-state index in [0.29, 0.717) is 19.6 Å². The lowest BCUT2D eigenvalue weighted by Crippen LogP contribution is -2.75. The topological polar surface area (TPSA) is 64.3 Å². The smallest absolute Gasteiger partial charge is 0.241 e. The summed E-state index contributed by atoms with van der Waals surface area (Å²) in [6.45, 7) is 9.22. The van der Waals surface area contributed by atoms with Gasteiger partial charge in [0.1, 0.15) is 5.54 Å². The van der Waals surface area contributed by atoms with Gasteiger partial charge in [0.25, 0.3) is 0 Å². The molecule has 5 heteroatoms. The minimum atomic E-state index is -0.837. The Morgan fingerprint density at radius 1 is 1.55 bits per heavy atom. The SMILES string of the molecule is CCOC1CC(N)(C(=O)NCc2cscc2C)C1(C)C. The number of nitrogens with one attached hydrogen (secondary N) is 1. The number of ether oxygens (including phenoxy) is 1. The number of rotatable bonds is 5. The number of hydrogen-bond donors (Lipinski definition) is 2. The third-order valence-corrected chi connectivity index (χ3v) is 5.55. The van der Waals surface area contributed by atoms with Crippen molar-refractivity contribution in [1.82, 2.24) is 5.32 Å². The van der Waals surface area contributed by atoms with Gasteiger partial charge >= 0.3 is 0 Å². The van der Waals surface area contributed by atoms with Gasteiger partial charge in [0.2, 0.25) is 5.91 Å². The number of nitrogens with two attached hydrogens (primary N) is 1. The standard InChI is InChI=1S/C15H24N2O2S/c1-5-19-12-6-15(16,14(12,3)4)13(18)17-7-11-9-20-8-10(11)2/h8-9,12H,5-7,16H2,1-4H3,(H,17,18). The molecular weight excluding hydrogens is 272 g/mol. The molecule has 0 radical (unpaired) electrons. The third kappa shape index (κ3) is 2.38. The number of carbonyl (C=O) groups excluding carboxylic acids is 1. The normalized spacial score (nSPS) is 27.9. The Morgan fingerprint density at radius 3 is 2.75 bits per heavy atom. The summed E-state index contributed by atoms with van der Waals surface area (Å²) in [4.78, 5) is 12.4. The molecule has 0 saturated heterocycles. The van der Waals surface area contributed by atoms with Crippen LogP contribution in [0.5, 0.6) is 0 Å². The van der Waals surface area contributed by atoms with Gasteiger partial charge in [-0.1, -0.05) is 13.8 Å². The summed E-state index contributed by atoms with van der Waals surface area (Å²) < 4.78 is 5.65. The Balaban J connectivity index is 1.98. The van der Waals surface area contributed by atoms with Gasteiger partial charge in [-0.2, -0.15) is 11.3 Å². The van der Waals surface area contributed by atoms with E-state index in [1.54, 1.807) is 11.3 Å². The average molecular weight is 296 g/mol. The number of carbonyl (C=O) groups is 1. The van der Waals surface area contributed by atoms with Crippen molar-refractivity contribution >= 4 is 17.2 Å². The molecule has 2 rings (SSSR count). The first-order chi connectivity index (χ1) is 9.33. The van der Waals surface area contributed by atoms with Crippen molar-refractivity contribution in [3.05, 3.63) is 21.9 Å². The molecule has 1 aliphatic carbocycles. The molecule has 1 aliphatic rings. The lowest BCUT2D eigenvalue weighted by Gasteiger charge is -2.57. The van der Waals surface area contributed by atoms with E-state index in [1.165, 1.54) is 5.56 Å². The molecule has 1 amide bonds. The predicted molar refractivity (Wildman–Crippen MR) is 81.6 cm³/mol. The van der Waals surface area contributed by atoms with Gasteiger partial charge in [0.05, 0.1) is 6.10 Å². The van der Waals surface area contributed by atoms with Crippen LogP contribution in [0.15, 0.2) is 10.8 Å². The zero-order valence-electron chi connectivity index (χ0n) is 12.7. The molecule has 3 N–H and O–H groups in total. The molecule has 4 nitrogen and oxygen atoms in total. The number of thiophene rings is 1. The Kier molecular flexibility index (Phi) is 4.23. The van der Waals surface area contributed by atoms with Crippen molar-refractivity contribution in [3.8, 4) is 0 Å². The fourth-order valence-corrected chi connectivity index (χ4v) is 3.58. The highest BCUT2D eigenvalue weighted by molar-refractivity contribution is 7.08. The molecule has 112 valence electrons. The second kappa shape index (κ2) is 5.47. The van der Waals surface area contributed by atoms with E-state index >= 15 is 0 Å². The zero-order valence-corrected chi connectivity index (χ0v) is 13.5. The lowest BCUT2D eigenvalue weighted by molar-refractivity contribution is -0.170. The van der Waals surface area contributed by atoms with Crippen molar-refractivity contribution in [1.29, 1.82) is 0 Å². The predicted octanol–water partition coefficient (Wildman–Crippen LogP) is 2.21. The zero-order chi connectivity index (χ0) is 15.0. The van der Waals surface area contributed by atoms with Gasteiger partial charge < -0.3 is 15.8 Å².